The molecule has 0 aliphatic rings. The van der Waals surface area contributed by atoms with Gasteiger partial charge in [-0.3, -0.25) is 4.48 Å². The minimum atomic E-state index is 0.795. The van der Waals surface area contributed by atoms with Crippen LogP contribution in [-0.4, -0.2) is 30.7 Å². The van der Waals surface area contributed by atoms with Gasteiger partial charge in [-0.1, -0.05) is 39.0 Å². The molecule has 0 radical (unpaired) electrons. The highest BCUT2D eigenvalue weighted by Gasteiger charge is 2.14. The molecule has 0 aromatic carbocycles. The van der Waals surface area contributed by atoms with Gasteiger partial charge in [0.2, 0.25) is 5.82 Å². The monoisotopic (exact) mass is 238 g/mol. The summed E-state index contributed by atoms with van der Waals surface area (Å²) in [5.74, 6) is 1.14. The Balaban J connectivity index is 2.21. The zero-order valence-corrected chi connectivity index (χ0v) is 11.9. The van der Waals surface area contributed by atoms with Crippen molar-refractivity contribution in [2.75, 3.05) is 21.1 Å². The normalized spacial score (nSPS) is 12.0. The number of unbranched alkanes of at least 4 members (excludes halogenated alkanes) is 5. The van der Waals surface area contributed by atoms with E-state index in [2.05, 4.69) is 43.8 Å². The molecular formula is C14H28N3+. The number of quaternary nitrogens is 1. The summed E-state index contributed by atoms with van der Waals surface area (Å²) in [7, 11) is 6.45. The smallest absolute Gasteiger partial charge is 0.244 e. The highest BCUT2D eigenvalue weighted by molar-refractivity contribution is 5.28. The Morgan fingerprint density at radius 1 is 1.06 bits per heavy atom. The molecule has 0 spiro atoms. The van der Waals surface area contributed by atoms with Crippen molar-refractivity contribution < 1.29 is 0 Å². The molecule has 1 aromatic rings. The van der Waals surface area contributed by atoms with E-state index in [1.807, 2.05) is 6.33 Å². The van der Waals surface area contributed by atoms with Crippen LogP contribution in [0.4, 0.5) is 5.82 Å². The zero-order valence-electron chi connectivity index (χ0n) is 11.9. The number of aryl methyl sites for hydroxylation is 1. The molecular weight excluding hydrogens is 210 g/mol. The molecule has 0 atom stereocenters. The van der Waals surface area contributed by atoms with Crippen LogP contribution in [0.3, 0.4) is 0 Å². The molecule has 0 aliphatic heterocycles. The molecule has 0 bridgehead atoms. The lowest BCUT2D eigenvalue weighted by molar-refractivity contribution is 0.474. The standard InChI is InChI=1S/C14H28N3/c1-5-6-7-8-9-10-11-16-12-14(15-13-16)17(2,3)4/h12-13H,5-11H2,1-4H3/q+1. The van der Waals surface area contributed by atoms with E-state index in [-0.39, 0.29) is 0 Å². The number of imidazole rings is 1. The number of hydrogen-bond acceptors (Lipinski definition) is 1. The fraction of sp³-hybridized carbons (Fsp3) is 0.786. The SMILES string of the molecule is CCCCCCCCn1cnc([N+](C)(C)C)c1. The molecule has 0 fully saturated rings. The van der Waals surface area contributed by atoms with Gasteiger partial charge in [-0.05, 0) is 6.42 Å². The largest absolute Gasteiger partial charge is 0.332 e. The molecule has 0 aliphatic carbocycles. The van der Waals surface area contributed by atoms with Crippen molar-refractivity contribution in [3.63, 3.8) is 0 Å². The summed E-state index contributed by atoms with van der Waals surface area (Å²) in [4.78, 5) is 4.45. The number of nitrogens with zero attached hydrogens (tertiary/aromatic N) is 3. The van der Waals surface area contributed by atoms with Crippen molar-refractivity contribution >= 4 is 5.82 Å². The van der Waals surface area contributed by atoms with E-state index in [9.17, 15) is 0 Å². The number of hydrogen-bond donors (Lipinski definition) is 0. The van der Waals surface area contributed by atoms with E-state index < -0.39 is 0 Å². The topological polar surface area (TPSA) is 17.8 Å². The van der Waals surface area contributed by atoms with Gasteiger partial charge in [0.05, 0.1) is 27.3 Å². The van der Waals surface area contributed by atoms with Gasteiger partial charge in [0.1, 0.15) is 6.33 Å². The third kappa shape index (κ3) is 5.35. The van der Waals surface area contributed by atoms with Crippen LogP contribution in [0.5, 0.6) is 0 Å². The maximum absolute atomic E-state index is 4.45. The Morgan fingerprint density at radius 2 is 1.71 bits per heavy atom. The van der Waals surface area contributed by atoms with Crippen molar-refractivity contribution in [1.29, 1.82) is 0 Å². The molecule has 1 heterocycles. The van der Waals surface area contributed by atoms with Gasteiger partial charge < -0.3 is 4.57 Å². The first-order valence-corrected chi connectivity index (χ1v) is 6.88. The van der Waals surface area contributed by atoms with E-state index >= 15 is 0 Å². The van der Waals surface area contributed by atoms with Crippen molar-refractivity contribution in [1.82, 2.24) is 14.0 Å². The lowest BCUT2D eigenvalue weighted by Crippen LogP contribution is -2.35. The van der Waals surface area contributed by atoms with Gasteiger partial charge in [0.25, 0.3) is 0 Å². The van der Waals surface area contributed by atoms with E-state index in [1.54, 1.807) is 0 Å². The Kier molecular flexibility index (Phi) is 5.69. The summed E-state index contributed by atoms with van der Waals surface area (Å²) in [6.45, 7) is 3.37. The van der Waals surface area contributed by atoms with Crippen molar-refractivity contribution in [2.24, 2.45) is 0 Å². The van der Waals surface area contributed by atoms with E-state index in [1.165, 1.54) is 38.5 Å². The Hall–Kier alpha value is -0.830. The second-order valence-corrected chi connectivity index (χ2v) is 5.75. The molecule has 0 amide bonds. The number of rotatable bonds is 8. The molecule has 0 unspecified atom stereocenters. The average Bonchev–Trinajstić information content (AvgIpc) is 2.71. The first kappa shape index (κ1) is 14.2. The average molecular weight is 238 g/mol. The Morgan fingerprint density at radius 3 is 2.29 bits per heavy atom. The molecule has 3 nitrogen and oxygen atoms in total. The zero-order chi connectivity index (χ0) is 12.7. The molecule has 1 aromatic heterocycles. The van der Waals surface area contributed by atoms with Crippen LogP contribution >= 0.6 is 0 Å². The molecule has 1 rings (SSSR count). The van der Waals surface area contributed by atoms with Gasteiger partial charge in [0, 0.05) is 6.54 Å². The van der Waals surface area contributed by atoms with Crippen LogP contribution in [0, 0.1) is 0 Å². The van der Waals surface area contributed by atoms with Crippen LogP contribution < -0.4 is 4.48 Å². The summed E-state index contributed by atoms with van der Waals surface area (Å²) in [6.07, 6.45) is 12.2. The van der Waals surface area contributed by atoms with Crippen LogP contribution in [0.1, 0.15) is 45.4 Å². The van der Waals surface area contributed by atoms with E-state index in [4.69, 9.17) is 0 Å². The molecule has 0 saturated carbocycles. The van der Waals surface area contributed by atoms with Gasteiger partial charge in [0.15, 0.2) is 0 Å². The van der Waals surface area contributed by atoms with E-state index in [0.717, 1.165) is 16.8 Å². The van der Waals surface area contributed by atoms with Crippen molar-refractivity contribution in [3.8, 4) is 0 Å². The quantitative estimate of drug-likeness (QED) is 0.501. The van der Waals surface area contributed by atoms with Gasteiger partial charge in [-0.2, -0.15) is 4.98 Å². The predicted octanol–water partition coefficient (Wildman–Crippen LogP) is 3.44. The van der Waals surface area contributed by atoms with Crippen molar-refractivity contribution in [2.45, 2.75) is 52.0 Å². The molecule has 3 heteroatoms. The second-order valence-electron chi connectivity index (χ2n) is 5.75. The lowest BCUT2D eigenvalue weighted by atomic mass is 10.1. The summed E-state index contributed by atoms with van der Waals surface area (Å²) in [5.41, 5.74) is 0. The summed E-state index contributed by atoms with van der Waals surface area (Å²) in [5, 5.41) is 0. The fourth-order valence-electron chi connectivity index (χ4n) is 1.89. The fourth-order valence-corrected chi connectivity index (χ4v) is 1.89. The lowest BCUT2D eigenvalue weighted by Gasteiger charge is -2.19. The van der Waals surface area contributed by atoms with Gasteiger partial charge in [-0.25, -0.2) is 0 Å². The van der Waals surface area contributed by atoms with Gasteiger partial charge >= 0.3 is 0 Å². The van der Waals surface area contributed by atoms with Gasteiger partial charge in [-0.15, -0.1) is 0 Å². The third-order valence-electron chi connectivity index (χ3n) is 3.08. The minimum absolute atomic E-state index is 0.795. The maximum Gasteiger partial charge on any atom is 0.244 e. The minimum Gasteiger partial charge on any atom is -0.332 e. The first-order valence-electron chi connectivity index (χ1n) is 6.88. The van der Waals surface area contributed by atoms with Crippen LogP contribution in [0.15, 0.2) is 12.5 Å². The number of aromatic nitrogens is 2. The molecule has 17 heavy (non-hydrogen) atoms. The van der Waals surface area contributed by atoms with Crippen molar-refractivity contribution in [3.05, 3.63) is 12.5 Å². The van der Waals surface area contributed by atoms with E-state index in [0.29, 0.717) is 0 Å². The first-order chi connectivity index (χ1) is 8.04. The molecule has 0 saturated heterocycles. The Bertz CT molecular complexity index is 310. The highest BCUT2D eigenvalue weighted by atomic mass is 15.3. The Labute approximate surface area is 106 Å². The summed E-state index contributed by atoms with van der Waals surface area (Å²) >= 11 is 0. The summed E-state index contributed by atoms with van der Waals surface area (Å²) < 4.78 is 3.02. The third-order valence-corrected chi connectivity index (χ3v) is 3.08. The van der Waals surface area contributed by atoms with Crippen LogP contribution in [-0.2, 0) is 6.54 Å². The second kappa shape index (κ2) is 6.80. The molecule has 0 N–H and O–H groups in total. The molecule has 98 valence electrons. The summed E-state index contributed by atoms with van der Waals surface area (Å²) in [6, 6.07) is 0. The van der Waals surface area contributed by atoms with Crippen LogP contribution in [0.25, 0.3) is 0 Å². The predicted molar refractivity (Wildman–Crippen MR) is 75.2 cm³/mol. The maximum atomic E-state index is 4.45. The van der Waals surface area contributed by atoms with Crippen LogP contribution in [0.2, 0.25) is 0 Å². The highest BCUT2D eigenvalue weighted by Crippen LogP contribution is 2.13.